The quantitative estimate of drug-likeness (QED) is 0.373. The van der Waals surface area contributed by atoms with Crippen molar-refractivity contribution in [3.63, 3.8) is 0 Å². The molecule has 0 aromatic heterocycles. The molecule has 0 spiro atoms. The van der Waals surface area contributed by atoms with E-state index < -0.39 is 23.1 Å². The van der Waals surface area contributed by atoms with E-state index in [0.717, 1.165) is 32.1 Å². The summed E-state index contributed by atoms with van der Waals surface area (Å²) in [6.07, 6.45) is 6.76. The molecular formula is C21H26O7. The maximum absolute atomic E-state index is 12.4. The smallest absolute Gasteiger partial charge is 0.268 e. The molecule has 2 aliphatic rings. The zero-order valence-corrected chi connectivity index (χ0v) is 16.2. The van der Waals surface area contributed by atoms with Crippen LogP contribution in [0.1, 0.15) is 72.5 Å². The fourth-order valence-corrected chi connectivity index (χ4v) is 3.83. The SMILES string of the molecule is CCCCCCC[C@]1(O)Cc2c(O)c3c(c(O)c2CO1)C(=O)C(=O)C(OC)=C3. The number of Topliss-reactive ketones (excluding diaryl/α,β-unsaturated/α-hetero) is 2. The standard InChI is InChI=1S/C21H26O7/c1-3-4-5-6-7-8-21(26)10-13-14(11-28-21)18(23)16-12(17(13)22)9-15(27-2)19(24)20(16)25/h9,22-23,26H,3-8,10-11H2,1-2H3/t21-/m1/s1. The average Bonchev–Trinajstić information content (AvgIpc) is 2.68. The molecule has 3 N–H and O–H groups in total. The number of hydrogen-bond acceptors (Lipinski definition) is 7. The van der Waals surface area contributed by atoms with Crippen LogP contribution >= 0.6 is 0 Å². The van der Waals surface area contributed by atoms with Crippen LogP contribution in [0.5, 0.6) is 11.5 Å². The van der Waals surface area contributed by atoms with Crippen LogP contribution in [0.15, 0.2) is 5.76 Å². The number of ketones is 2. The molecule has 0 bridgehead atoms. The van der Waals surface area contributed by atoms with Crippen molar-refractivity contribution in [2.24, 2.45) is 0 Å². The summed E-state index contributed by atoms with van der Waals surface area (Å²) >= 11 is 0. The molecule has 0 amide bonds. The minimum Gasteiger partial charge on any atom is -0.507 e. The average molecular weight is 390 g/mol. The molecular weight excluding hydrogens is 364 g/mol. The topological polar surface area (TPSA) is 113 Å². The Labute approximate surface area is 163 Å². The van der Waals surface area contributed by atoms with E-state index in [1.54, 1.807) is 0 Å². The minimum absolute atomic E-state index is 0.0128. The van der Waals surface area contributed by atoms with Gasteiger partial charge in [0.1, 0.15) is 11.5 Å². The predicted molar refractivity (Wildman–Crippen MR) is 101 cm³/mol. The molecule has 1 atom stereocenters. The number of aliphatic hydroxyl groups is 1. The van der Waals surface area contributed by atoms with Gasteiger partial charge in [-0.05, 0) is 12.5 Å². The predicted octanol–water partition coefficient (Wildman–Crippen LogP) is 2.97. The lowest BCUT2D eigenvalue weighted by Crippen LogP contribution is -2.39. The van der Waals surface area contributed by atoms with Crippen LogP contribution in [0.3, 0.4) is 0 Å². The second-order valence-corrected chi connectivity index (χ2v) is 7.39. The molecule has 7 heteroatoms. The van der Waals surface area contributed by atoms with Crippen molar-refractivity contribution in [1.29, 1.82) is 0 Å². The molecule has 0 radical (unpaired) electrons. The van der Waals surface area contributed by atoms with E-state index in [9.17, 15) is 24.9 Å². The zero-order chi connectivity index (χ0) is 20.5. The third-order valence-electron chi connectivity index (χ3n) is 5.46. The van der Waals surface area contributed by atoms with Gasteiger partial charge in [0.15, 0.2) is 11.5 Å². The number of phenols is 2. The molecule has 0 unspecified atom stereocenters. The summed E-state index contributed by atoms with van der Waals surface area (Å²) in [5.41, 5.74) is 0.329. The summed E-state index contributed by atoms with van der Waals surface area (Å²) in [6.45, 7) is 1.97. The fourth-order valence-electron chi connectivity index (χ4n) is 3.83. The van der Waals surface area contributed by atoms with Crippen molar-refractivity contribution in [2.75, 3.05) is 7.11 Å². The number of phenolic OH excluding ortho intramolecular Hbond substituents is 2. The normalized spacial score (nSPS) is 21.2. The summed E-state index contributed by atoms with van der Waals surface area (Å²) in [6, 6.07) is 0. The van der Waals surface area contributed by atoms with E-state index >= 15 is 0 Å². The van der Waals surface area contributed by atoms with Crippen LogP contribution in [-0.4, -0.2) is 39.8 Å². The number of unbranched alkanes of at least 4 members (excludes halogenated alkanes) is 4. The van der Waals surface area contributed by atoms with Gasteiger partial charge in [-0.1, -0.05) is 32.6 Å². The molecule has 1 aromatic rings. The van der Waals surface area contributed by atoms with E-state index in [1.165, 1.54) is 13.2 Å². The van der Waals surface area contributed by atoms with Crippen molar-refractivity contribution < 1.29 is 34.4 Å². The first-order valence-corrected chi connectivity index (χ1v) is 9.63. The summed E-state index contributed by atoms with van der Waals surface area (Å²) < 4.78 is 10.5. The van der Waals surface area contributed by atoms with Gasteiger partial charge in [-0.3, -0.25) is 9.59 Å². The highest BCUT2D eigenvalue weighted by molar-refractivity contribution is 6.52. The first-order chi connectivity index (χ1) is 13.3. The molecule has 0 fully saturated rings. The highest BCUT2D eigenvalue weighted by Crippen LogP contribution is 2.46. The summed E-state index contributed by atoms with van der Waals surface area (Å²) in [7, 11) is 1.25. The van der Waals surface area contributed by atoms with Crippen LogP contribution in [0.25, 0.3) is 6.08 Å². The summed E-state index contributed by atoms with van der Waals surface area (Å²) in [4.78, 5) is 24.4. The molecule has 0 saturated heterocycles. The lowest BCUT2D eigenvalue weighted by Gasteiger charge is -2.35. The Morgan fingerprint density at radius 2 is 1.79 bits per heavy atom. The molecule has 0 saturated carbocycles. The van der Waals surface area contributed by atoms with E-state index in [-0.39, 0.29) is 41.2 Å². The highest BCUT2D eigenvalue weighted by Gasteiger charge is 2.41. The number of allylic oxidation sites excluding steroid dienone is 1. The van der Waals surface area contributed by atoms with Crippen LogP contribution in [0, 0.1) is 0 Å². The number of methoxy groups -OCH3 is 1. The number of benzene rings is 1. The van der Waals surface area contributed by atoms with Gasteiger partial charge in [0.25, 0.3) is 5.78 Å². The van der Waals surface area contributed by atoms with Crippen LogP contribution in [0.4, 0.5) is 0 Å². The van der Waals surface area contributed by atoms with Crippen molar-refractivity contribution in [3.8, 4) is 11.5 Å². The van der Waals surface area contributed by atoms with Gasteiger partial charge in [-0.2, -0.15) is 0 Å². The van der Waals surface area contributed by atoms with E-state index in [2.05, 4.69) is 6.92 Å². The van der Waals surface area contributed by atoms with Crippen molar-refractivity contribution in [2.45, 2.75) is 64.3 Å². The maximum atomic E-state index is 12.4. The van der Waals surface area contributed by atoms with Gasteiger partial charge >= 0.3 is 0 Å². The molecule has 28 heavy (non-hydrogen) atoms. The molecule has 1 aromatic carbocycles. The number of rotatable bonds is 7. The number of fused-ring (bicyclic) bond motifs is 2. The highest BCUT2D eigenvalue weighted by atomic mass is 16.6. The van der Waals surface area contributed by atoms with Crippen molar-refractivity contribution in [3.05, 3.63) is 28.0 Å². The van der Waals surface area contributed by atoms with Crippen LogP contribution in [0.2, 0.25) is 0 Å². The van der Waals surface area contributed by atoms with E-state index in [4.69, 9.17) is 9.47 Å². The lowest BCUT2D eigenvalue weighted by molar-refractivity contribution is -0.222. The van der Waals surface area contributed by atoms with Crippen molar-refractivity contribution >= 4 is 17.6 Å². The van der Waals surface area contributed by atoms with Crippen LogP contribution in [-0.2, 0) is 27.3 Å². The monoisotopic (exact) mass is 390 g/mol. The second kappa shape index (κ2) is 7.93. The Morgan fingerprint density at radius 3 is 2.46 bits per heavy atom. The van der Waals surface area contributed by atoms with E-state index in [1.807, 2.05) is 0 Å². The molecule has 1 heterocycles. The summed E-state index contributed by atoms with van der Waals surface area (Å²) in [5, 5.41) is 32.1. The Bertz CT molecular complexity index is 840. The van der Waals surface area contributed by atoms with Gasteiger partial charge in [-0.25, -0.2) is 0 Å². The molecule has 152 valence electrons. The maximum Gasteiger partial charge on any atom is 0.268 e. The Balaban J connectivity index is 1.92. The second-order valence-electron chi connectivity index (χ2n) is 7.39. The van der Waals surface area contributed by atoms with Gasteiger partial charge in [-0.15, -0.1) is 0 Å². The number of aromatic hydroxyl groups is 2. The first kappa shape index (κ1) is 20.4. The third-order valence-corrected chi connectivity index (χ3v) is 5.46. The minimum atomic E-state index is -1.44. The lowest BCUT2D eigenvalue weighted by atomic mass is 9.84. The number of carbonyl (C=O) groups excluding carboxylic acids is 2. The Hall–Kier alpha value is -2.38. The van der Waals surface area contributed by atoms with Gasteiger partial charge in [0, 0.05) is 29.5 Å². The van der Waals surface area contributed by atoms with Crippen LogP contribution < -0.4 is 0 Å². The molecule has 1 aliphatic heterocycles. The number of hydrogen-bond donors (Lipinski definition) is 3. The molecule has 7 nitrogen and oxygen atoms in total. The third kappa shape index (κ3) is 3.52. The Morgan fingerprint density at radius 1 is 1.07 bits per heavy atom. The molecule has 3 rings (SSSR count). The fraction of sp³-hybridized carbons (Fsp3) is 0.524. The van der Waals surface area contributed by atoms with Gasteiger partial charge in [0.2, 0.25) is 5.78 Å². The largest absolute Gasteiger partial charge is 0.507 e. The van der Waals surface area contributed by atoms with E-state index in [0.29, 0.717) is 12.0 Å². The number of carbonyl (C=O) groups is 2. The van der Waals surface area contributed by atoms with Gasteiger partial charge in [0.05, 0.1) is 19.3 Å². The van der Waals surface area contributed by atoms with Gasteiger partial charge < -0.3 is 24.8 Å². The first-order valence-electron chi connectivity index (χ1n) is 9.63. The van der Waals surface area contributed by atoms with Crippen molar-refractivity contribution in [1.82, 2.24) is 0 Å². The molecule has 1 aliphatic carbocycles. The zero-order valence-electron chi connectivity index (χ0n) is 16.2. The summed E-state index contributed by atoms with van der Waals surface area (Å²) in [5.74, 6) is -4.11. The number of ether oxygens (including phenoxy) is 2. The Kier molecular flexibility index (Phi) is 5.76.